The molecule has 7 heteroatoms. The van der Waals surface area contributed by atoms with Gasteiger partial charge in [0, 0.05) is 7.05 Å². The Balaban J connectivity index is 2.18. The highest BCUT2D eigenvalue weighted by molar-refractivity contribution is 5.88. The van der Waals surface area contributed by atoms with Crippen molar-refractivity contribution < 1.29 is 22.7 Å². The molecule has 2 unspecified atom stereocenters. The van der Waals surface area contributed by atoms with Gasteiger partial charge in [0.05, 0.1) is 5.54 Å². The van der Waals surface area contributed by atoms with Crippen LogP contribution in [0.15, 0.2) is 24.3 Å². The summed E-state index contributed by atoms with van der Waals surface area (Å²) in [6, 6.07) is 5.52. The van der Waals surface area contributed by atoms with Crippen molar-refractivity contribution in [3.8, 4) is 5.75 Å². The minimum Gasteiger partial charge on any atom is -0.406 e. The van der Waals surface area contributed by atoms with Gasteiger partial charge < -0.3 is 9.64 Å². The monoisotopic (exact) mass is 302 g/mol. The zero-order valence-corrected chi connectivity index (χ0v) is 12.0. The fourth-order valence-electron chi connectivity index (χ4n) is 2.38. The lowest BCUT2D eigenvalue weighted by atomic mass is 9.99. The van der Waals surface area contributed by atoms with E-state index in [1.54, 1.807) is 11.9 Å². The molecule has 1 aliphatic heterocycles. The van der Waals surface area contributed by atoms with Crippen molar-refractivity contribution in [1.82, 2.24) is 10.2 Å². The van der Waals surface area contributed by atoms with Crippen LogP contribution in [0.3, 0.4) is 0 Å². The second-order valence-corrected chi connectivity index (χ2v) is 5.27. The summed E-state index contributed by atoms with van der Waals surface area (Å²) in [5.41, 5.74) is 0.0538. The van der Waals surface area contributed by atoms with Crippen molar-refractivity contribution >= 4 is 5.91 Å². The number of likely N-dealkylation sites (N-methyl/N-ethyl adjacent to an activating group) is 1. The largest absolute Gasteiger partial charge is 0.573 e. The third-order valence-corrected chi connectivity index (χ3v) is 3.77. The summed E-state index contributed by atoms with van der Waals surface area (Å²) < 4.78 is 40.2. The summed E-state index contributed by atoms with van der Waals surface area (Å²) in [4.78, 5) is 13.7. The molecule has 0 spiro atoms. The predicted octanol–water partition coefficient (Wildman–Crippen LogP) is 2.81. The van der Waals surface area contributed by atoms with Crippen LogP contribution in [0.1, 0.15) is 32.0 Å². The highest BCUT2D eigenvalue weighted by Gasteiger charge is 2.45. The molecule has 21 heavy (non-hydrogen) atoms. The maximum absolute atomic E-state index is 12.2. The van der Waals surface area contributed by atoms with Gasteiger partial charge in [-0.15, -0.1) is 13.2 Å². The van der Waals surface area contributed by atoms with Gasteiger partial charge in [-0.25, -0.2) is 0 Å². The van der Waals surface area contributed by atoms with E-state index < -0.39 is 11.9 Å². The molecular weight excluding hydrogens is 285 g/mol. The first-order valence-electron chi connectivity index (χ1n) is 6.57. The van der Waals surface area contributed by atoms with E-state index in [1.165, 1.54) is 24.3 Å². The molecule has 2 atom stereocenters. The average molecular weight is 302 g/mol. The Bertz CT molecular complexity index is 530. The summed E-state index contributed by atoms with van der Waals surface area (Å²) in [5.74, 6) is -0.318. The number of carbonyl (C=O) groups excluding carboxylic acids is 1. The SMILES string of the molecule is CCC1(C)NC(c2ccc(OC(F)(F)F)cc2)N(C)C1=O. The number of benzene rings is 1. The normalized spacial score (nSPS) is 26.3. The molecule has 1 fully saturated rings. The van der Waals surface area contributed by atoms with E-state index in [-0.39, 0.29) is 17.8 Å². The average Bonchev–Trinajstić information content (AvgIpc) is 2.63. The second-order valence-electron chi connectivity index (χ2n) is 5.27. The summed E-state index contributed by atoms with van der Waals surface area (Å²) in [5, 5.41) is 3.21. The summed E-state index contributed by atoms with van der Waals surface area (Å²) in [7, 11) is 1.67. The number of amides is 1. The number of ether oxygens (including phenoxy) is 1. The molecule has 0 saturated carbocycles. The number of carbonyl (C=O) groups is 1. The molecule has 1 saturated heterocycles. The zero-order chi connectivity index (χ0) is 15.8. The fourth-order valence-corrected chi connectivity index (χ4v) is 2.38. The van der Waals surface area contributed by atoms with Crippen molar-refractivity contribution in [2.24, 2.45) is 0 Å². The number of hydrogen-bond donors (Lipinski definition) is 1. The molecule has 1 heterocycles. The summed E-state index contributed by atoms with van der Waals surface area (Å²) >= 11 is 0. The van der Waals surface area contributed by atoms with E-state index in [0.717, 1.165) is 0 Å². The van der Waals surface area contributed by atoms with Crippen LogP contribution < -0.4 is 10.1 Å². The van der Waals surface area contributed by atoms with Gasteiger partial charge >= 0.3 is 6.36 Å². The molecule has 1 aromatic rings. The van der Waals surface area contributed by atoms with E-state index in [9.17, 15) is 18.0 Å². The van der Waals surface area contributed by atoms with E-state index in [0.29, 0.717) is 12.0 Å². The number of halogens is 3. The molecular formula is C14H17F3N2O2. The Kier molecular flexibility index (Phi) is 3.88. The van der Waals surface area contributed by atoms with Crippen molar-refractivity contribution in [3.63, 3.8) is 0 Å². The van der Waals surface area contributed by atoms with Crippen molar-refractivity contribution in [2.75, 3.05) is 7.05 Å². The Hall–Kier alpha value is -1.76. The van der Waals surface area contributed by atoms with E-state index in [1.807, 2.05) is 13.8 Å². The smallest absolute Gasteiger partial charge is 0.406 e. The number of nitrogens with one attached hydrogen (secondary N) is 1. The van der Waals surface area contributed by atoms with Gasteiger partial charge in [-0.1, -0.05) is 19.1 Å². The molecule has 1 amide bonds. The minimum atomic E-state index is -4.71. The van der Waals surface area contributed by atoms with Gasteiger partial charge in [-0.3, -0.25) is 10.1 Å². The summed E-state index contributed by atoms with van der Waals surface area (Å²) in [6.45, 7) is 3.72. The number of alkyl halides is 3. The molecule has 1 aromatic carbocycles. The van der Waals surface area contributed by atoms with Crippen molar-refractivity contribution in [1.29, 1.82) is 0 Å². The van der Waals surface area contributed by atoms with Crippen LogP contribution in [0.5, 0.6) is 5.75 Å². The lowest BCUT2D eigenvalue weighted by Crippen LogP contribution is -2.42. The second kappa shape index (κ2) is 5.22. The van der Waals surface area contributed by atoms with Crippen LogP contribution in [-0.4, -0.2) is 29.8 Å². The van der Waals surface area contributed by atoms with Crippen LogP contribution in [-0.2, 0) is 4.79 Å². The Labute approximate surface area is 120 Å². The van der Waals surface area contributed by atoms with Gasteiger partial charge in [0.2, 0.25) is 5.91 Å². The molecule has 1 aliphatic rings. The minimum absolute atomic E-state index is 0.0365. The topological polar surface area (TPSA) is 41.6 Å². The van der Waals surface area contributed by atoms with Crippen LogP contribution in [0.4, 0.5) is 13.2 Å². The first kappa shape index (κ1) is 15.6. The quantitative estimate of drug-likeness (QED) is 0.933. The highest BCUT2D eigenvalue weighted by Crippen LogP contribution is 2.32. The molecule has 0 bridgehead atoms. The van der Waals surface area contributed by atoms with Crippen LogP contribution >= 0.6 is 0 Å². The maximum Gasteiger partial charge on any atom is 0.573 e. The van der Waals surface area contributed by atoms with Gasteiger partial charge in [0.1, 0.15) is 11.9 Å². The predicted molar refractivity (Wildman–Crippen MR) is 70.5 cm³/mol. The molecule has 1 N–H and O–H groups in total. The lowest BCUT2D eigenvalue weighted by molar-refractivity contribution is -0.274. The van der Waals surface area contributed by atoms with E-state index in [2.05, 4.69) is 10.1 Å². The van der Waals surface area contributed by atoms with Crippen molar-refractivity contribution in [2.45, 2.75) is 38.3 Å². The lowest BCUT2D eigenvalue weighted by Gasteiger charge is -2.20. The van der Waals surface area contributed by atoms with E-state index in [4.69, 9.17) is 0 Å². The molecule has 4 nitrogen and oxygen atoms in total. The zero-order valence-electron chi connectivity index (χ0n) is 12.0. The number of hydrogen-bond acceptors (Lipinski definition) is 3. The molecule has 0 radical (unpaired) electrons. The third kappa shape index (κ3) is 3.12. The van der Waals surface area contributed by atoms with Gasteiger partial charge in [0.25, 0.3) is 0 Å². The number of rotatable bonds is 3. The van der Waals surface area contributed by atoms with Crippen molar-refractivity contribution in [3.05, 3.63) is 29.8 Å². The molecule has 0 aliphatic carbocycles. The third-order valence-electron chi connectivity index (χ3n) is 3.77. The maximum atomic E-state index is 12.2. The first-order valence-corrected chi connectivity index (χ1v) is 6.57. The first-order chi connectivity index (χ1) is 9.66. The highest BCUT2D eigenvalue weighted by atomic mass is 19.4. The van der Waals surface area contributed by atoms with Gasteiger partial charge in [-0.05, 0) is 31.0 Å². The van der Waals surface area contributed by atoms with Gasteiger partial charge in [-0.2, -0.15) is 0 Å². The molecule has 2 rings (SSSR count). The summed E-state index contributed by atoms with van der Waals surface area (Å²) in [6.07, 6.45) is -4.44. The van der Waals surface area contributed by atoms with Crippen LogP contribution in [0.2, 0.25) is 0 Å². The Morgan fingerprint density at radius 3 is 2.33 bits per heavy atom. The van der Waals surface area contributed by atoms with Crippen LogP contribution in [0.25, 0.3) is 0 Å². The number of nitrogens with zero attached hydrogens (tertiary/aromatic N) is 1. The fraction of sp³-hybridized carbons (Fsp3) is 0.500. The standard InChI is InChI=1S/C14H17F3N2O2/c1-4-13(2)12(20)19(3)11(18-13)9-5-7-10(8-6-9)21-14(15,16)17/h5-8,11,18H,4H2,1-3H3. The molecule has 0 aromatic heterocycles. The Morgan fingerprint density at radius 2 is 1.90 bits per heavy atom. The molecule has 116 valence electrons. The van der Waals surface area contributed by atoms with Crippen LogP contribution in [0, 0.1) is 0 Å². The van der Waals surface area contributed by atoms with E-state index >= 15 is 0 Å². The van der Waals surface area contributed by atoms with Gasteiger partial charge in [0.15, 0.2) is 0 Å². The Morgan fingerprint density at radius 1 is 1.33 bits per heavy atom.